The van der Waals surface area contributed by atoms with Gasteiger partial charge in [-0.1, -0.05) is 35.9 Å². The molecule has 0 saturated heterocycles. The second kappa shape index (κ2) is 13.1. The van der Waals surface area contributed by atoms with Crippen molar-refractivity contribution >= 4 is 40.9 Å². The summed E-state index contributed by atoms with van der Waals surface area (Å²) in [4.78, 5) is 49.1. The predicted molar refractivity (Wildman–Crippen MR) is 157 cm³/mol. The number of aromatic nitrogens is 1. The molecule has 0 aliphatic carbocycles. The van der Waals surface area contributed by atoms with Gasteiger partial charge < -0.3 is 19.9 Å². The lowest BCUT2D eigenvalue weighted by molar-refractivity contribution is -0.141. The van der Waals surface area contributed by atoms with Gasteiger partial charge in [0.15, 0.2) is 0 Å². The third kappa shape index (κ3) is 8.93. The standard InChI is InChI=1S/C32H36N2O7/c1-20(2)11-14-23-17-22(12-15-28(23)40-21(3)35)13-16-29(36)33-26(30(37)38)18-24-19-34(31(39)41-32(4,5)6)27-10-8-7-9-25(24)27/h7-13,15-17,19,26H,14,18H2,1-6H3,(H,33,36)(H,37,38)/b16-13+/t26-/m0/s1. The molecule has 0 bridgehead atoms. The number of amides is 1. The van der Waals surface area contributed by atoms with Crippen molar-refractivity contribution in [1.82, 2.24) is 9.88 Å². The van der Waals surface area contributed by atoms with Crippen molar-refractivity contribution in [2.45, 2.75) is 66.0 Å². The quantitative estimate of drug-likeness (QED) is 0.149. The Morgan fingerprint density at radius 2 is 1.73 bits per heavy atom. The highest BCUT2D eigenvalue weighted by Gasteiger charge is 2.25. The number of ether oxygens (including phenoxy) is 2. The fourth-order valence-electron chi connectivity index (χ4n) is 4.12. The van der Waals surface area contributed by atoms with Gasteiger partial charge in [-0.2, -0.15) is 0 Å². The topological polar surface area (TPSA) is 124 Å². The molecule has 0 fully saturated rings. The summed E-state index contributed by atoms with van der Waals surface area (Å²) in [5.74, 6) is -1.80. The molecule has 3 aromatic rings. The van der Waals surface area contributed by atoms with E-state index in [0.29, 0.717) is 34.2 Å². The number of allylic oxidation sites excluding steroid dienone is 2. The summed E-state index contributed by atoms with van der Waals surface area (Å²) in [6.07, 6.45) is 6.28. The fourth-order valence-corrected chi connectivity index (χ4v) is 4.12. The lowest BCUT2D eigenvalue weighted by Gasteiger charge is -2.19. The number of carbonyl (C=O) groups is 4. The Bertz CT molecular complexity index is 1520. The Labute approximate surface area is 239 Å². The average Bonchev–Trinajstić information content (AvgIpc) is 3.24. The minimum absolute atomic E-state index is 0.0465. The monoisotopic (exact) mass is 560 g/mol. The number of para-hydroxylation sites is 1. The zero-order chi connectivity index (χ0) is 30.3. The maximum atomic E-state index is 12.8. The van der Waals surface area contributed by atoms with Crippen LogP contribution < -0.4 is 10.1 Å². The van der Waals surface area contributed by atoms with Gasteiger partial charge in [0.05, 0.1) is 5.52 Å². The van der Waals surface area contributed by atoms with E-state index in [1.54, 1.807) is 69.4 Å². The molecule has 0 spiro atoms. The maximum absolute atomic E-state index is 12.8. The van der Waals surface area contributed by atoms with E-state index in [2.05, 4.69) is 5.32 Å². The largest absolute Gasteiger partial charge is 0.480 e. The van der Waals surface area contributed by atoms with E-state index in [-0.39, 0.29) is 6.42 Å². The number of carbonyl (C=O) groups excluding carboxylic acids is 3. The van der Waals surface area contributed by atoms with E-state index < -0.39 is 35.6 Å². The Morgan fingerprint density at radius 3 is 2.37 bits per heavy atom. The number of hydrogen-bond donors (Lipinski definition) is 2. The van der Waals surface area contributed by atoms with E-state index in [4.69, 9.17) is 9.47 Å². The van der Waals surface area contributed by atoms with Crippen LogP contribution in [0.2, 0.25) is 0 Å². The molecule has 0 aliphatic heterocycles. The molecule has 216 valence electrons. The van der Waals surface area contributed by atoms with Crippen LogP contribution in [0.5, 0.6) is 5.75 Å². The van der Waals surface area contributed by atoms with Crippen molar-refractivity contribution in [3.05, 3.63) is 83.1 Å². The van der Waals surface area contributed by atoms with Crippen molar-refractivity contribution < 1.29 is 33.8 Å². The van der Waals surface area contributed by atoms with Crippen molar-refractivity contribution in [1.29, 1.82) is 0 Å². The molecule has 2 aromatic carbocycles. The second-order valence-corrected chi connectivity index (χ2v) is 10.9. The second-order valence-electron chi connectivity index (χ2n) is 10.9. The fraction of sp³-hybridized carbons (Fsp3) is 0.312. The number of benzene rings is 2. The van der Waals surface area contributed by atoms with Crippen molar-refractivity contribution in [2.75, 3.05) is 0 Å². The van der Waals surface area contributed by atoms with E-state index in [0.717, 1.165) is 11.1 Å². The van der Waals surface area contributed by atoms with Gasteiger partial charge >= 0.3 is 18.0 Å². The van der Waals surface area contributed by atoms with Crippen molar-refractivity contribution in [3.63, 3.8) is 0 Å². The van der Waals surface area contributed by atoms with Crippen molar-refractivity contribution in [2.24, 2.45) is 0 Å². The molecule has 3 rings (SSSR count). The number of hydrogen-bond acceptors (Lipinski definition) is 6. The van der Waals surface area contributed by atoms with Crippen LogP contribution in [0, 0.1) is 0 Å². The predicted octanol–water partition coefficient (Wildman–Crippen LogP) is 5.68. The van der Waals surface area contributed by atoms with Gasteiger partial charge in [-0.3, -0.25) is 14.2 Å². The van der Waals surface area contributed by atoms with Crippen LogP contribution in [0.15, 0.2) is 66.4 Å². The van der Waals surface area contributed by atoms with Crippen LogP contribution in [0.3, 0.4) is 0 Å². The minimum atomic E-state index is -1.25. The molecule has 0 unspecified atom stereocenters. The first-order valence-corrected chi connectivity index (χ1v) is 13.2. The van der Waals surface area contributed by atoms with Gasteiger partial charge in [-0.05, 0) is 82.0 Å². The highest BCUT2D eigenvalue weighted by molar-refractivity contribution is 5.95. The number of nitrogens with zero attached hydrogens (tertiary/aromatic N) is 1. The zero-order valence-electron chi connectivity index (χ0n) is 24.2. The van der Waals surface area contributed by atoms with Gasteiger partial charge in [0, 0.05) is 31.0 Å². The number of rotatable bonds is 9. The first kappa shape index (κ1) is 30.9. The molecule has 0 saturated carbocycles. The normalized spacial score (nSPS) is 12.1. The highest BCUT2D eigenvalue weighted by Crippen LogP contribution is 2.25. The molecule has 1 amide bonds. The van der Waals surface area contributed by atoms with E-state index >= 15 is 0 Å². The van der Waals surface area contributed by atoms with Crippen LogP contribution in [0.1, 0.15) is 58.2 Å². The maximum Gasteiger partial charge on any atom is 0.419 e. The summed E-state index contributed by atoms with van der Waals surface area (Å²) in [5, 5.41) is 13.1. The van der Waals surface area contributed by atoms with Gasteiger partial charge in [-0.15, -0.1) is 0 Å². The highest BCUT2D eigenvalue weighted by atomic mass is 16.6. The van der Waals surface area contributed by atoms with E-state index in [1.807, 2.05) is 26.0 Å². The van der Waals surface area contributed by atoms with E-state index in [9.17, 15) is 24.3 Å². The third-order valence-electron chi connectivity index (χ3n) is 5.92. The summed E-state index contributed by atoms with van der Waals surface area (Å²) in [6.45, 7) is 10.6. The molecular formula is C32H36N2O7. The summed E-state index contributed by atoms with van der Waals surface area (Å²) in [5.41, 5.74) is 3.00. The van der Waals surface area contributed by atoms with E-state index in [1.165, 1.54) is 17.6 Å². The molecule has 41 heavy (non-hydrogen) atoms. The number of carboxylic acids is 1. The van der Waals surface area contributed by atoms with Crippen LogP contribution in [-0.2, 0) is 32.0 Å². The molecule has 9 heteroatoms. The number of fused-ring (bicyclic) bond motifs is 1. The minimum Gasteiger partial charge on any atom is -0.480 e. The van der Waals surface area contributed by atoms with Gasteiger partial charge in [0.25, 0.3) is 0 Å². The Hall–Kier alpha value is -4.66. The average molecular weight is 561 g/mol. The number of aliphatic carboxylic acids is 1. The Morgan fingerprint density at radius 1 is 1.02 bits per heavy atom. The summed E-state index contributed by atoms with van der Waals surface area (Å²) < 4.78 is 12.1. The lowest BCUT2D eigenvalue weighted by atomic mass is 10.0. The lowest BCUT2D eigenvalue weighted by Crippen LogP contribution is -2.41. The zero-order valence-corrected chi connectivity index (χ0v) is 24.2. The first-order valence-electron chi connectivity index (χ1n) is 13.2. The molecule has 1 heterocycles. The summed E-state index contributed by atoms with van der Waals surface area (Å²) in [7, 11) is 0. The molecule has 0 radical (unpaired) electrons. The SMILES string of the molecule is CC(=O)Oc1ccc(/C=C/C(=O)N[C@@H](Cc2cn(C(=O)OC(C)(C)C)c3ccccc23)C(=O)O)cc1CC=C(C)C. The summed E-state index contributed by atoms with van der Waals surface area (Å²) >= 11 is 0. The Kier molecular flexibility index (Phi) is 9.89. The molecule has 2 N–H and O–H groups in total. The van der Waals surface area contributed by atoms with Crippen LogP contribution in [-0.4, -0.2) is 45.3 Å². The first-order chi connectivity index (χ1) is 19.2. The van der Waals surface area contributed by atoms with Gasteiger partial charge in [0.1, 0.15) is 17.4 Å². The number of carboxylic acid groups (broad SMARTS) is 1. The van der Waals surface area contributed by atoms with Crippen molar-refractivity contribution in [3.8, 4) is 5.75 Å². The van der Waals surface area contributed by atoms with Crippen LogP contribution in [0.25, 0.3) is 17.0 Å². The molecule has 1 atom stereocenters. The van der Waals surface area contributed by atoms with Gasteiger partial charge in [-0.25, -0.2) is 9.59 Å². The smallest absolute Gasteiger partial charge is 0.419 e. The molecule has 9 nitrogen and oxygen atoms in total. The molecule has 1 aromatic heterocycles. The number of nitrogens with one attached hydrogen (secondary N) is 1. The Balaban J connectivity index is 1.80. The number of esters is 1. The molecule has 0 aliphatic rings. The molecular weight excluding hydrogens is 524 g/mol. The summed E-state index contributed by atoms with van der Waals surface area (Å²) in [6, 6.07) is 11.0. The van der Waals surface area contributed by atoms with Gasteiger partial charge in [0.2, 0.25) is 5.91 Å². The third-order valence-corrected chi connectivity index (χ3v) is 5.92. The van der Waals surface area contributed by atoms with Crippen LogP contribution in [0.4, 0.5) is 4.79 Å². The van der Waals surface area contributed by atoms with Crippen LogP contribution >= 0.6 is 0 Å².